The van der Waals surface area contributed by atoms with Crippen molar-refractivity contribution < 1.29 is 4.42 Å². The summed E-state index contributed by atoms with van der Waals surface area (Å²) in [6.07, 6.45) is 0. The lowest BCUT2D eigenvalue weighted by Crippen LogP contribution is -2.10. The Morgan fingerprint density at radius 2 is 0.966 bits per heavy atom. The van der Waals surface area contributed by atoms with Crippen molar-refractivity contribution in [1.29, 1.82) is 0 Å². The third-order valence-electron chi connectivity index (χ3n) is 11.5. The van der Waals surface area contributed by atoms with Gasteiger partial charge in [0.2, 0.25) is 0 Å². The van der Waals surface area contributed by atoms with Crippen LogP contribution in [-0.4, -0.2) is 0 Å². The van der Waals surface area contributed by atoms with Crippen molar-refractivity contribution in [2.45, 2.75) is 0 Å². The van der Waals surface area contributed by atoms with E-state index in [0.29, 0.717) is 0 Å². The summed E-state index contributed by atoms with van der Waals surface area (Å²) in [5.74, 6) is 0. The molecule has 3 aromatic heterocycles. The smallest absolute Gasteiger partial charge is 0.145 e. The van der Waals surface area contributed by atoms with E-state index in [1.165, 1.54) is 51.5 Å². The second-order valence-electron chi connectivity index (χ2n) is 14.8. The van der Waals surface area contributed by atoms with Gasteiger partial charge in [0.25, 0.3) is 0 Å². The van der Waals surface area contributed by atoms with Gasteiger partial charge in [-0.15, -0.1) is 22.7 Å². The maximum Gasteiger partial charge on any atom is 0.145 e. The number of nitrogens with zero attached hydrogens (tertiary/aromatic N) is 1. The van der Waals surface area contributed by atoms with Crippen LogP contribution in [0.25, 0.3) is 95.7 Å². The van der Waals surface area contributed by atoms with Crippen molar-refractivity contribution in [3.05, 3.63) is 200 Å². The second-order valence-corrected chi connectivity index (χ2v) is 17.0. The van der Waals surface area contributed by atoms with Crippen LogP contribution in [0.15, 0.2) is 205 Å². The molecule has 0 radical (unpaired) electrons. The van der Waals surface area contributed by atoms with Crippen LogP contribution < -0.4 is 4.90 Å². The summed E-state index contributed by atoms with van der Waals surface area (Å²) in [5, 5.41) is 7.25. The van der Waals surface area contributed by atoms with Crippen LogP contribution in [0.5, 0.6) is 0 Å². The standard InChI is InChI=1S/C54H33NOS2/c1-4-13-34(14-5-1)37-23-26-44-48(31-37)56-53-40(35-15-6-2-7-16-35)27-28-47(52(44)53)55(38-24-29-50-45(32-38)42-19-10-11-22-49(42)57-50)39-25-30-51-46(33-39)43-21-12-20-41(54(43)58-51)36-17-8-3-9-18-36/h1-33H. The van der Waals surface area contributed by atoms with E-state index in [9.17, 15) is 0 Å². The predicted octanol–water partition coefficient (Wildman–Crippen LogP) is 16.8. The maximum absolute atomic E-state index is 7.03. The normalized spacial score (nSPS) is 11.8. The molecule has 4 heteroatoms. The average molecular weight is 776 g/mol. The zero-order valence-corrected chi connectivity index (χ0v) is 32.9. The number of hydrogen-bond acceptors (Lipinski definition) is 4. The second kappa shape index (κ2) is 13.3. The zero-order chi connectivity index (χ0) is 38.2. The summed E-state index contributed by atoms with van der Waals surface area (Å²) in [6.45, 7) is 0. The largest absolute Gasteiger partial charge is 0.455 e. The van der Waals surface area contributed by atoms with E-state index in [2.05, 4.69) is 205 Å². The van der Waals surface area contributed by atoms with Gasteiger partial charge < -0.3 is 9.32 Å². The highest BCUT2D eigenvalue weighted by Gasteiger charge is 2.24. The summed E-state index contributed by atoms with van der Waals surface area (Å²) in [7, 11) is 0. The molecular formula is C54H33NOS2. The first-order valence-electron chi connectivity index (χ1n) is 19.6. The Balaban J connectivity index is 1.14. The van der Waals surface area contributed by atoms with Gasteiger partial charge in [0.15, 0.2) is 0 Å². The van der Waals surface area contributed by atoms with E-state index >= 15 is 0 Å². The van der Waals surface area contributed by atoms with Crippen molar-refractivity contribution in [1.82, 2.24) is 0 Å². The van der Waals surface area contributed by atoms with Crippen molar-refractivity contribution in [3.63, 3.8) is 0 Å². The van der Waals surface area contributed by atoms with E-state index in [1.807, 2.05) is 22.7 Å². The summed E-state index contributed by atoms with van der Waals surface area (Å²) in [4.78, 5) is 2.45. The van der Waals surface area contributed by atoms with Crippen molar-refractivity contribution in [2.24, 2.45) is 0 Å². The fraction of sp³-hybridized carbons (Fsp3) is 0. The first-order chi connectivity index (χ1) is 28.7. The van der Waals surface area contributed by atoms with Crippen molar-refractivity contribution in [2.75, 3.05) is 4.90 Å². The van der Waals surface area contributed by atoms with Gasteiger partial charge in [-0.1, -0.05) is 133 Å². The highest BCUT2D eigenvalue weighted by molar-refractivity contribution is 7.26. The summed E-state index contributed by atoms with van der Waals surface area (Å²) in [6, 6.07) is 72.5. The molecule has 0 saturated carbocycles. The summed E-state index contributed by atoms with van der Waals surface area (Å²) >= 11 is 3.72. The first kappa shape index (κ1) is 33.2. The zero-order valence-electron chi connectivity index (χ0n) is 31.2. The van der Waals surface area contributed by atoms with Gasteiger partial charge in [-0.3, -0.25) is 0 Å². The summed E-state index contributed by atoms with van der Waals surface area (Å²) < 4.78 is 12.2. The topological polar surface area (TPSA) is 16.4 Å². The minimum Gasteiger partial charge on any atom is -0.455 e. The fourth-order valence-electron chi connectivity index (χ4n) is 8.75. The lowest BCUT2D eigenvalue weighted by Gasteiger charge is -2.27. The monoisotopic (exact) mass is 775 g/mol. The number of anilines is 3. The van der Waals surface area contributed by atoms with Crippen LogP contribution in [-0.2, 0) is 0 Å². The molecule has 2 nitrogen and oxygen atoms in total. The molecule has 0 aliphatic heterocycles. The van der Waals surface area contributed by atoms with Crippen LogP contribution in [0.2, 0.25) is 0 Å². The molecule has 12 rings (SSSR count). The van der Waals surface area contributed by atoms with Gasteiger partial charge in [-0.2, -0.15) is 0 Å². The number of rotatable bonds is 6. The molecule has 0 aliphatic rings. The third kappa shape index (κ3) is 5.30. The molecular weight excluding hydrogens is 743 g/mol. The van der Waals surface area contributed by atoms with Gasteiger partial charge >= 0.3 is 0 Å². The lowest BCUT2D eigenvalue weighted by atomic mass is 9.98. The molecule has 0 bridgehead atoms. The van der Waals surface area contributed by atoms with E-state index in [0.717, 1.165) is 61.3 Å². The van der Waals surface area contributed by atoms with Gasteiger partial charge in [0.1, 0.15) is 11.2 Å². The van der Waals surface area contributed by atoms with E-state index in [4.69, 9.17) is 4.42 Å². The highest BCUT2D eigenvalue weighted by atomic mass is 32.1. The Morgan fingerprint density at radius 1 is 0.362 bits per heavy atom. The Morgan fingerprint density at radius 3 is 1.71 bits per heavy atom. The molecule has 0 amide bonds. The molecule has 0 fully saturated rings. The molecule has 3 heterocycles. The lowest BCUT2D eigenvalue weighted by molar-refractivity contribution is 0.670. The molecule has 0 N–H and O–H groups in total. The van der Waals surface area contributed by atoms with Gasteiger partial charge in [0, 0.05) is 62.7 Å². The molecule has 0 aliphatic carbocycles. The number of thiophene rings is 2. The van der Waals surface area contributed by atoms with Crippen molar-refractivity contribution >= 4 is 102 Å². The Labute approximate surface area is 343 Å². The SMILES string of the molecule is c1ccc(-c2ccc3c(c2)oc2c(-c4ccccc4)ccc(N(c4ccc5sc6ccccc6c5c4)c4ccc5sc6c(-c7ccccc7)cccc6c5c4)c23)cc1. The molecule has 58 heavy (non-hydrogen) atoms. The number of fused-ring (bicyclic) bond motifs is 9. The van der Waals surface area contributed by atoms with E-state index in [-0.39, 0.29) is 0 Å². The number of hydrogen-bond donors (Lipinski definition) is 0. The van der Waals surface area contributed by atoms with Gasteiger partial charge in [-0.25, -0.2) is 0 Å². The Kier molecular flexibility index (Phi) is 7.62. The molecule has 12 aromatic rings. The minimum absolute atomic E-state index is 0.868. The molecule has 0 unspecified atom stereocenters. The Bertz CT molecular complexity index is 3510. The van der Waals surface area contributed by atoms with Crippen LogP contribution in [0.3, 0.4) is 0 Å². The van der Waals surface area contributed by atoms with Crippen LogP contribution in [0, 0.1) is 0 Å². The van der Waals surface area contributed by atoms with Gasteiger partial charge in [0.05, 0.1) is 11.1 Å². The van der Waals surface area contributed by atoms with Gasteiger partial charge in [-0.05, 0) is 94.5 Å². The maximum atomic E-state index is 7.03. The first-order valence-corrected chi connectivity index (χ1v) is 21.2. The predicted molar refractivity (Wildman–Crippen MR) is 250 cm³/mol. The molecule has 0 saturated heterocycles. The molecule has 0 spiro atoms. The highest BCUT2D eigenvalue weighted by Crippen LogP contribution is 2.49. The third-order valence-corrected chi connectivity index (χ3v) is 13.8. The molecule has 9 aromatic carbocycles. The summed E-state index contributed by atoms with van der Waals surface area (Å²) in [5.41, 5.74) is 12.0. The van der Waals surface area contributed by atoms with Crippen LogP contribution in [0.4, 0.5) is 17.1 Å². The minimum atomic E-state index is 0.868. The van der Waals surface area contributed by atoms with Crippen LogP contribution >= 0.6 is 22.7 Å². The quantitative estimate of drug-likeness (QED) is 0.167. The van der Waals surface area contributed by atoms with Crippen molar-refractivity contribution in [3.8, 4) is 33.4 Å². The molecule has 272 valence electrons. The Hall–Kier alpha value is -6.98. The van der Waals surface area contributed by atoms with Crippen LogP contribution in [0.1, 0.15) is 0 Å². The average Bonchev–Trinajstić information content (AvgIpc) is 3.98. The fourth-order valence-corrected chi connectivity index (χ4v) is 11.1. The number of benzene rings is 9. The molecule has 0 atom stereocenters. The van der Waals surface area contributed by atoms with E-state index in [1.54, 1.807) is 0 Å². The number of furan rings is 1. The van der Waals surface area contributed by atoms with E-state index < -0.39 is 0 Å².